The number of hydrogen-bond acceptors (Lipinski definition) is 3. The van der Waals surface area contributed by atoms with Gasteiger partial charge in [0.15, 0.2) is 0 Å². The van der Waals surface area contributed by atoms with Crippen molar-refractivity contribution in [3.05, 3.63) is 35.4 Å². The van der Waals surface area contributed by atoms with Crippen LogP contribution in [0.2, 0.25) is 0 Å². The molecule has 16 heavy (non-hydrogen) atoms. The van der Waals surface area contributed by atoms with Gasteiger partial charge in [0.2, 0.25) is 0 Å². The summed E-state index contributed by atoms with van der Waals surface area (Å²) in [4.78, 5) is 21.9. The zero-order valence-electron chi connectivity index (χ0n) is 8.40. The molecule has 0 unspecified atom stereocenters. The Kier molecular flexibility index (Phi) is 7.87. The fourth-order valence-electron chi connectivity index (χ4n) is 1.03. The number of rotatable bonds is 4. The molecule has 82 valence electrons. The van der Waals surface area contributed by atoms with Crippen LogP contribution in [0, 0.1) is 0 Å². The third kappa shape index (κ3) is 4.76. The number of ether oxygens (including phenoxy) is 1. The van der Waals surface area contributed by atoms with Gasteiger partial charge in [-0.25, -0.2) is 9.59 Å². The first-order valence-corrected chi connectivity index (χ1v) is 4.65. The van der Waals surface area contributed by atoms with E-state index < -0.39 is 11.9 Å². The van der Waals surface area contributed by atoms with Crippen molar-refractivity contribution >= 4 is 63.3 Å². The van der Waals surface area contributed by atoms with Crippen LogP contribution in [-0.2, 0) is 4.74 Å². The molecule has 0 radical (unpaired) electrons. The molecule has 0 atom stereocenters. The Bertz CT molecular complexity index is 359. The zero-order chi connectivity index (χ0) is 11.3. The average molecular weight is 248 g/mol. The minimum atomic E-state index is -1.01. The van der Waals surface area contributed by atoms with Gasteiger partial charge in [0.25, 0.3) is 0 Å². The van der Waals surface area contributed by atoms with E-state index in [0.29, 0.717) is 12.2 Å². The topological polar surface area (TPSA) is 63.6 Å². The monoisotopic (exact) mass is 248 g/mol. The number of aromatic carboxylic acids is 1. The number of hydrogen-bond donors (Lipinski definition) is 1. The van der Waals surface area contributed by atoms with Crippen molar-refractivity contribution in [2.45, 2.75) is 13.3 Å². The molecule has 0 spiro atoms. The first-order valence-electron chi connectivity index (χ1n) is 4.65. The molecule has 0 aliphatic rings. The van der Waals surface area contributed by atoms with E-state index in [1.807, 2.05) is 6.92 Å². The maximum atomic E-state index is 11.3. The molecule has 0 bridgehead atoms. The van der Waals surface area contributed by atoms with Crippen LogP contribution in [0.15, 0.2) is 24.3 Å². The van der Waals surface area contributed by atoms with Gasteiger partial charge in [-0.15, -0.1) is 0 Å². The van der Waals surface area contributed by atoms with E-state index >= 15 is 0 Å². The SMILES string of the molecule is CCCOC(=O)c1ccc(C(=O)O)cc1.[KH]. The van der Waals surface area contributed by atoms with E-state index in [2.05, 4.69) is 0 Å². The number of carbonyl (C=O) groups excluding carboxylic acids is 1. The predicted octanol–water partition coefficient (Wildman–Crippen LogP) is 1.30. The van der Waals surface area contributed by atoms with Crippen LogP contribution in [0.4, 0.5) is 0 Å². The number of esters is 1. The van der Waals surface area contributed by atoms with Crippen LogP contribution in [0.1, 0.15) is 34.1 Å². The van der Waals surface area contributed by atoms with Crippen molar-refractivity contribution in [1.82, 2.24) is 0 Å². The number of benzene rings is 1. The van der Waals surface area contributed by atoms with E-state index in [-0.39, 0.29) is 56.9 Å². The second-order valence-electron chi connectivity index (χ2n) is 3.02. The molecule has 1 aromatic rings. The fourth-order valence-corrected chi connectivity index (χ4v) is 1.03. The summed E-state index contributed by atoms with van der Waals surface area (Å²) in [6.07, 6.45) is 0.763. The molecule has 0 fully saturated rings. The Hall–Kier alpha value is -0.204. The summed E-state index contributed by atoms with van der Waals surface area (Å²) in [7, 11) is 0. The standard InChI is InChI=1S/C11H12O4.K.H/c1-2-7-15-11(14)9-5-3-8(4-6-9)10(12)13;;/h3-6H,2,7H2,1H3,(H,12,13);;. The third-order valence-corrected chi connectivity index (χ3v) is 1.80. The molecule has 0 amide bonds. The van der Waals surface area contributed by atoms with Gasteiger partial charge in [0, 0.05) is 0 Å². The van der Waals surface area contributed by atoms with Gasteiger partial charge in [-0.2, -0.15) is 0 Å². The Morgan fingerprint density at radius 2 is 1.69 bits per heavy atom. The van der Waals surface area contributed by atoms with Gasteiger partial charge in [-0.05, 0) is 30.7 Å². The molecule has 0 saturated heterocycles. The molecule has 0 aromatic heterocycles. The fraction of sp³-hybridized carbons (Fsp3) is 0.273. The van der Waals surface area contributed by atoms with Crippen molar-refractivity contribution in [2.24, 2.45) is 0 Å². The molecule has 5 heteroatoms. The average Bonchev–Trinajstić information content (AvgIpc) is 2.26. The van der Waals surface area contributed by atoms with Crippen molar-refractivity contribution in [3.63, 3.8) is 0 Å². The van der Waals surface area contributed by atoms with Gasteiger partial charge in [0.05, 0.1) is 17.7 Å². The van der Waals surface area contributed by atoms with E-state index in [4.69, 9.17) is 9.84 Å². The van der Waals surface area contributed by atoms with Gasteiger partial charge < -0.3 is 9.84 Å². The molecular formula is C11H13KO4. The maximum absolute atomic E-state index is 11.3. The Morgan fingerprint density at radius 3 is 2.12 bits per heavy atom. The van der Waals surface area contributed by atoms with E-state index in [1.165, 1.54) is 24.3 Å². The van der Waals surface area contributed by atoms with Gasteiger partial charge in [-0.3, -0.25) is 0 Å². The van der Waals surface area contributed by atoms with Crippen LogP contribution < -0.4 is 0 Å². The summed E-state index contributed by atoms with van der Waals surface area (Å²) >= 11 is 0. The van der Waals surface area contributed by atoms with Crippen molar-refractivity contribution in [3.8, 4) is 0 Å². The van der Waals surface area contributed by atoms with E-state index in [0.717, 1.165) is 6.42 Å². The molecule has 0 aliphatic carbocycles. The Balaban J connectivity index is 0.00000225. The first kappa shape index (κ1) is 15.8. The second kappa shape index (κ2) is 7.97. The minimum absolute atomic E-state index is 0. The summed E-state index contributed by atoms with van der Waals surface area (Å²) in [5.41, 5.74) is 0.524. The summed E-state index contributed by atoms with van der Waals surface area (Å²) < 4.78 is 4.89. The van der Waals surface area contributed by atoms with E-state index in [9.17, 15) is 9.59 Å². The number of carboxylic acid groups (broad SMARTS) is 1. The molecular weight excluding hydrogens is 235 g/mol. The summed E-state index contributed by atoms with van der Waals surface area (Å²) in [6, 6.07) is 5.65. The van der Waals surface area contributed by atoms with Crippen LogP contribution >= 0.6 is 0 Å². The van der Waals surface area contributed by atoms with Crippen LogP contribution in [-0.4, -0.2) is 75.0 Å². The molecule has 1 aromatic carbocycles. The predicted molar refractivity (Wildman–Crippen MR) is 61.1 cm³/mol. The quantitative estimate of drug-likeness (QED) is 0.644. The molecule has 0 aliphatic heterocycles. The molecule has 0 heterocycles. The van der Waals surface area contributed by atoms with Crippen LogP contribution in [0.25, 0.3) is 0 Å². The summed E-state index contributed by atoms with van der Waals surface area (Å²) in [6.45, 7) is 2.28. The Morgan fingerprint density at radius 1 is 1.19 bits per heavy atom. The Labute approximate surface area is 136 Å². The van der Waals surface area contributed by atoms with Crippen molar-refractivity contribution < 1.29 is 19.4 Å². The van der Waals surface area contributed by atoms with Gasteiger partial charge in [-0.1, -0.05) is 6.92 Å². The third-order valence-electron chi connectivity index (χ3n) is 1.80. The van der Waals surface area contributed by atoms with E-state index in [1.54, 1.807) is 0 Å². The van der Waals surface area contributed by atoms with Crippen molar-refractivity contribution in [2.75, 3.05) is 6.61 Å². The zero-order valence-corrected chi connectivity index (χ0v) is 8.40. The summed E-state index contributed by atoms with van der Waals surface area (Å²) in [5.74, 6) is -1.43. The van der Waals surface area contributed by atoms with Crippen LogP contribution in [0.3, 0.4) is 0 Å². The van der Waals surface area contributed by atoms with Crippen LogP contribution in [0.5, 0.6) is 0 Å². The number of carboxylic acids is 1. The first-order chi connectivity index (χ1) is 7.15. The van der Waals surface area contributed by atoms with Gasteiger partial charge >= 0.3 is 63.3 Å². The second-order valence-corrected chi connectivity index (χ2v) is 3.02. The molecule has 1 N–H and O–H groups in total. The number of carbonyl (C=O) groups is 2. The molecule has 4 nitrogen and oxygen atoms in total. The molecule has 0 saturated carbocycles. The molecule has 1 rings (SSSR count). The van der Waals surface area contributed by atoms with Crippen molar-refractivity contribution in [1.29, 1.82) is 0 Å². The van der Waals surface area contributed by atoms with Gasteiger partial charge in [0.1, 0.15) is 0 Å². The normalized spacial score (nSPS) is 9.06. The summed E-state index contributed by atoms with van der Waals surface area (Å²) in [5, 5.41) is 8.64.